The van der Waals surface area contributed by atoms with Crippen LogP contribution in [0.25, 0.3) is 0 Å². The number of aryl methyl sites for hydroxylation is 1. The lowest BCUT2D eigenvalue weighted by molar-refractivity contribution is -0.140. The average molecular weight is 243 g/mol. The van der Waals surface area contributed by atoms with Crippen LogP contribution in [0.5, 0.6) is 11.5 Å². The lowest BCUT2D eigenvalue weighted by Crippen LogP contribution is -2.09. The van der Waals surface area contributed by atoms with Crippen LogP contribution in [0.1, 0.15) is 16.5 Å². The van der Waals surface area contributed by atoms with Crippen molar-refractivity contribution in [2.75, 3.05) is 13.9 Å². The summed E-state index contributed by atoms with van der Waals surface area (Å²) < 4.78 is 15.0. The second kappa shape index (κ2) is 4.22. The van der Waals surface area contributed by atoms with Gasteiger partial charge in [0.1, 0.15) is 0 Å². The van der Waals surface area contributed by atoms with Gasteiger partial charge in [0.25, 0.3) is 0 Å². The molecule has 16 heavy (non-hydrogen) atoms. The van der Waals surface area contributed by atoms with E-state index in [1.807, 2.05) is 6.92 Å². The van der Waals surface area contributed by atoms with E-state index in [0.29, 0.717) is 17.1 Å². The second-order valence-corrected chi connectivity index (χ2v) is 3.88. The molecule has 1 heterocycles. The summed E-state index contributed by atoms with van der Waals surface area (Å²) in [5, 5.41) is -0.820. The Hall–Kier alpha value is -1.42. The molecule has 1 aromatic rings. The predicted octanol–water partition coefficient (Wildman–Crippen LogP) is 2.18. The van der Waals surface area contributed by atoms with Crippen molar-refractivity contribution in [2.24, 2.45) is 0 Å². The Kier molecular flexibility index (Phi) is 2.92. The second-order valence-electron chi connectivity index (χ2n) is 3.45. The Balaban J connectivity index is 2.38. The van der Waals surface area contributed by atoms with Crippen molar-refractivity contribution in [3.63, 3.8) is 0 Å². The van der Waals surface area contributed by atoms with Gasteiger partial charge >= 0.3 is 5.97 Å². The number of hydrogen-bond donors (Lipinski definition) is 0. The van der Waals surface area contributed by atoms with Crippen molar-refractivity contribution < 1.29 is 19.0 Å². The molecule has 0 aliphatic carbocycles. The Morgan fingerprint density at radius 3 is 2.69 bits per heavy atom. The van der Waals surface area contributed by atoms with Gasteiger partial charge in [0.15, 0.2) is 16.9 Å². The van der Waals surface area contributed by atoms with Crippen molar-refractivity contribution >= 4 is 17.6 Å². The number of rotatable bonds is 2. The van der Waals surface area contributed by atoms with Gasteiger partial charge in [-0.15, -0.1) is 11.6 Å². The standard InChI is InChI=1S/C11H11ClO4/c1-6-3-8-9(16-5-15-8)4-7(6)10(12)11(13)14-2/h3-4,10H,5H2,1-2H3. The molecule has 2 rings (SSSR count). The first kappa shape index (κ1) is 11.1. The monoisotopic (exact) mass is 242 g/mol. The lowest BCUT2D eigenvalue weighted by atomic mass is 10.0. The molecule has 1 aliphatic rings. The van der Waals surface area contributed by atoms with Crippen molar-refractivity contribution in [2.45, 2.75) is 12.3 Å². The number of alkyl halides is 1. The highest BCUT2D eigenvalue weighted by Gasteiger charge is 2.24. The highest BCUT2D eigenvalue weighted by molar-refractivity contribution is 6.30. The van der Waals surface area contributed by atoms with E-state index < -0.39 is 11.3 Å². The van der Waals surface area contributed by atoms with Gasteiger partial charge in [-0.2, -0.15) is 0 Å². The Morgan fingerprint density at radius 2 is 2.06 bits per heavy atom. The van der Waals surface area contributed by atoms with Gasteiger partial charge < -0.3 is 14.2 Å². The molecule has 0 fully saturated rings. The minimum absolute atomic E-state index is 0.198. The molecule has 0 spiro atoms. The number of carbonyl (C=O) groups excluding carboxylic acids is 1. The van der Waals surface area contributed by atoms with Crippen LogP contribution < -0.4 is 9.47 Å². The molecule has 0 radical (unpaired) electrons. The lowest BCUT2D eigenvalue weighted by Gasteiger charge is -2.11. The number of benzene rings is 1. The largest absolute Gasteiger partial charge is 0.468 e. The first-order valence-corrected chi connectivity index (χ1v) is 5.19. The number of hydrogen-bond acceptors (Lipinski definition) is 4. The predicted molar refractivity (Wildman–Crippen MR) is 57.9 cm³/mol. The molecule has 0 amide bonds. The summed E-state index contributed by atoms with van der Waals surface area (Å²) in [6.45, 7) is 2.05. The van der Waals surface area contributed by atoms with Crippen LogP contribution in [0.4, 0.5) is 0 Å². The van der Waals surface area contributed by atoms with Crippen LogP contribution in [0.3, 0.4) is 0 Å². The SMILES string of the molecule is COC(=O)C(Cl)c1cc2c(cc1C)OCO2. The number of halogens is 1. The maximum atomic E-state index is 11.3. The molecule has 0 bridgehead atoms. The normalized spacial score (nSPS) is 14.7. The van der Waals surface area contributed by atoms with Crippen molar-refractivity contribution in [3.8, 4) is 11.5 Å². The molecule has 1 unspecified atom stereocenters. The van der Waals surface area contributed by atoms with Gasteiger partial charge in [-0.1, -0.05) is 0 Å². The summed E-state index contributed by atoms with van der Waals surface area (Å²) in [4.78, 5) is 11.3. The molecule has 4 nitrogen and oxygen atoms in total. The Morgan fingerprint density at radius 1 is 1.44 bits per heavy atom. The van der Waals surface area contributed by atoms with E-state index in [9.17, 15) is 4.79 Å². The molecule has 0 saturated carbocycles. The molecule has 1 aromatic carbocycles. The van der Waals surface area contributed by atoms with Gasteiger partial charge in [-0.3, -0.25) is 4.79 Å². The van der Waals surface area contributed by atoms with Crippen molar-refractivity contribution in [3.05, 3.63) is 23.3 Å². The number of esters is 1. The van der Waals surface area contributed by atoms with E-state index in [-0.39, 0.29) is 6.79 Å². The van der Waals surface area contributed by atoms with Crippen LogP contribution in [0, 0.1) is 6.92 Å². The van der Waals surface area contributed by atoms with E-state index in [2.05, 4.69) is 4.74 Å². The van der Waals surface area contributed by atoms with Crippen LogP contribution in [0.15, 0.2) is 12.1 Å². The molecule has 1 aliphatic heterocycles. The fourth-order valence-corrected chi connectivity index (χ4v) is 1.89. The summed E-state index contributed by atoms with van der Waals surface area (Å²) in [5.74, 6) is 0.800. The third kappa shape index (κ3) is 1.80. The van der Waals surface area contributed by atoms with Gasteiger partial charge in [0, 0.05) is 0 Å². The smallest absolute Gasteiger partial charge is 0.328 e. The fourth-order valence-electron chi connectivity index (χ4n) is 1.56. The molecule has 1 atom stereocenters. The number of methoxy groups -OCH3 is 1. The molecular formula is C11H11ClO4. The molecule has 86 valence electrons. The molecule has 0 N–H and O–H groups in total. The fraction of sp³-hybridized carbons (Fsp3) is 0.364. The zero-order chi connectivity index (χ0) is 11.7. The van der Waals surface area contributed by atoms with Crippen molar-refractivity contribution in [1.29, 1.82) is 0 Å². The van der Waals surface area contributed by atoms with Crippen LogP contribution in [0.2, 0.25) is 0 Å². The minimum Gasteiger partial charge on any atom is -0.468 e. The van der Waals surface area contributed by atoms with Gasteiger partial charge in [0.2, 0.25) is 6.79 Å². The quantitative estimate of drug-likeness (QED) is 0.589. The molecular weight excluding hydrogens is 232 g/mol. The van der Waals surface area contributed by atoms with E-state index in [0.717, 1.165) is 5.56 Å². The van der Waals surface area contributed by atoms with Crippen LogP contribution in [-0.2, 0) is 9.53 Å². The molecule has 5 heteroatoms. The minimum atomic E-state index is -0.820. The number of carbonyl (C=O) groups is 1. The van der Waals surface area contributed by atoms with Crippen LogP contribution >= 0.6 is 11.6 Å². The topological polar surface area (TPSA) is 44.8 Å². The van der Waals surface area contributed by atoms with E-state index >= 15 is 0 Å². The van der Waals surface area contributed by atoms with Gasteiger partial charge in [-0.25, -0.2) is 0 Å². The molecule has 0 aromatic heterocycles. The summed E-state index contributed by atoms with van der Waals surface area (Å²) in [6, 6.07) is 3.52. The van der Waals surface area contributed by atoms with E-state index in [1.165, 1.54) is 7.11 Å². The third-order valence-electron chi connectivity index (χ3n) is 2.44. The summed E-state index contributed by atoms with van der Waals surface area (Å²) in [7, 11) is 1.31. The first-order chi connectivity index (χ1) is 7.63. The van der Waals surface area contributed by atoms with Crippen molar-refractivity contribution in [1.82, 2.24) is 0 Å². The third-order valence-corrected chi connectivity index (χ3v) is 2.86. The Bertz CT molecular complexity index is 430. The zero-order valence-corrected chi connectivity index (χ0v) is 9.71. The van der Waals surface area contributed by atoms with Gasteiger partial charge in [0.05, 0.1) is 7.11 Å². The number of ether oxygens (including phenoxy) is 3. The molecule has 0 saturated heterocycles. The highest BCUT2D eigenvalue weighted by Crippen LogP contribution is 2.38. The summed E-state index contributed by atoms with van der Waals surface area (Å²) in [6.07, 6.45) is 0. The average Bonchev–Trinajstić information content (AvgIpc) is 2.72. The maximum Gasteiger partial charge on any atom is 0.328 e. The van der Waals surface area contributed by atoms with E-state index in [1.54, 1.807) is 12.1 Å². The van der Waals surface area contributed by atoms with E-state index in [4.69, 9.17) is 21.1 Å². The maximum absolute atomic E-state index is 11.3. The zero-order valence-electron chi connectivity index (χ0n) is 8.95. The first-order valence-electron chi connectivity index (χ1n) is 4.75. The van der Waals surface area contributed by atoms with Gasteiger partial charge in [-0.05, 0) is 30.2 Å². The summed E-state index contributed by atoms with van der Waals surface area (Å²) in [5.41, 5.74) is 1.55. The number of fused-ring (bicyclic) bond motifs is 1. The van der Waals surface area contributed by atoms with Crippen LogP contribution in [-0.4, -0.2) is 19.9 Å². The summed E-state index contributed by atoms with van der Waals surface area (Å²) >= 11 is 5.99. The Labute approximate surface area is 98.1 Å². The highest BCUT2D eigenvalue weighted by atomic mass is 35.5.